The number of pyridine rings is 1. The summed E-state index contributed by atoms with van der Waals surface area (Å²) in [5.41, 5.74) is -0.0305. The Morgan fingerprint density at radius 3 is 2.88 bits per heavy atom. The molecule has 2 aromatic rings. The van der Waals surface area contributed by atoms with E-state index in [0.29, 0.717) is 6.42 Å². The molecule has 0 aliphatic rings. The third-order valence-corrected chi connectivity index (χ3v) is 4.41. The zero-order valence-electron chi connectivity index (χ0n) is 8.85. The lowest BCUT2D eigenvalue weighted by Gasteiger charge is -2.22. The zero-order chi connectivity index (χ0) is 11.6. The van der Waals surface area contributed by atoms with Crippen LogP contribution in [0.1, 0.15) is 17.4 Å². The van der Waals surface area contributed by atoms with Gasteiger partial charge < -0.3 is 5.11 Å². The van der Waals surface area contributed by atoms with E-state index in [4.69, 9.17) is 0 Å². The molecule has 16 heavy (non-hydrogen) atoms. The smallest absolute Gasteiger partial charge is 0.0931 e. The van der Waals surface area contributed by atoms with Crippen LogP contribution in [0.25, 0.3) is 0 Å². The number of hydrogen-bond donors (Lipinski definition) is 1. The molecule has 2 heterocycles. The molecule has 0 amide bonds. The van der Waals surface area contributed by atoms with Gasteiger partial charge in [-0.1, -0.05) is 6.07 Å². The topological polar surface area (TPSA) is 33.1 Å². The van der Waals surface area contributed by atoms with E-state index in [-0.39, 0.29) is 0 Å². The van der Waals surface area contributed by atoms with Crippen molar-refractivity contribution in [3.05, 3.63) is 50.9 Å². The molecule has 0 aliphatic carbocycles. The maximum absolute atomic E-state index is 10.4. The van der Waals surface area contributed by atoms with E-state index in [9.17, 15) is 5.11 Å². The quantitative estimate of drug-likeness (QED) is 0.942. The van der Waals surface area contributed by atoms with Gasteiger partial charge in [0, 0.05) is 33.7 Å². The van der Waals surface area contributed by atoms with Crippen molar-refractivity contribution in [2.75, 3.05) is 0 Å². The number of aliphatic hydroxyl groups is 1. The van der Waals surface area contributed by atoms with Gasteiger partial charge in [-0.25, -0.2) is 0 Å². The molecule has 2 nitrogen and oxygen atoms in total. The minimum Gasteiger partial charge on any atom is -0.385 e. The van der Waals surface area contributed by atoms with Crippen LogP contribution >= 0.6 is 27.3 Å². The molecule has 0 bridgehead atoms. The van der Waals surface area contributed by atoms with Gasteiger partial charge in [-0.3, -0.25) is 4.98 Å². The first-order chi connectivity index (χ1) is 7.59. The van der Waals surface area contributed by atoms with E-state index in [0.717, 1.165) is 14.9 Å². The van der Waals surface area contributed by atoms with Crippen molar-refractivity contribution in [1.82, 2.24) is 4.98 Å². The fourth-order valence-corrected chi connectivity index (χ4v) is 3.19. The largest absolute Gasteiger partial charge is 0.385 e. The third-order valence-electron chi connectivity index (χ3n) is 2.48. The molecule has 2 aromatic heterocycles. The lowest BCUT2D eigenvalue weighted by Crippen LogP contribution is -2.24. The summed E-state index contributed by atoms with van der Waals surface area (Å²) in [5, 5.41) is 12.4. The summed E-state index contributed by atoms with van der Waals surface area (Å²) in [6.07, 6.45) is 4.01. The molecule has 0 radical (unpaired) electrons. The first-order valence-electron chi connectivity index (χ1n) is 4.94. The Kier molecular flexibility index (Phi) is 3.42. The average Bonchev–Trinajstić information content (AvgIpc) is 2.65. The van der Waals surface area contributed by atoms with E-state index >= 15 is 0 Å². The van der Waals surface area contributed by atoms with Crippen molar-refractivity contribution in [1.29, 1.82) is 0 Å². The lowest BCUT2D eigenvalue weighted by atomic mass is 9.93. The number of nitrogens with zero attached hydrogens (tertiary/aromatic N) is 1. The van der Waals surface area contributed by atoms with Crippen LogP contribution in [0.15, 0.2) is 40.4 Å². The molecule has 4 heteroatoms. The Morgan fingerprint density at radius 1 is 1.50 bits per heavy atom. The van der Waals surface area contributed by atoms with Gasteiger partial charge in [0.1, 0.15) is 0 Å². The van der Waals surface area contributed by atoms with Gasteiger partial charge in [0.05, 0.1) is 5.60 Å². The normalized spacial score (nSPS) is 14.7. The van der Waals surface area contributed by atoms with Gasteiger partial charge >= 0.3 is 0 Å². The standard InChI is InChI=1S/C12H12BrNOS/c1-12(15,9-3-2-5-14-8-9)7-11-10(13)4-6-16-11/h2-6,8,15H,7H2,1H3. The zero-order valence-corrected chi connectivity index (χ0v) is 11.3. The van der Waals surface area contributed by atoms with E-state index in [2.05, 4.69) is 20.9 Å². The molecule has 2 rings (SSSR count). The minimum absolute atomic E-state index is 0.594. The Morgan fingerprint density at radius 2 is 2.31 bits per heavy atom. The van der Waals surface area contributed by atoms with Gasteiger partial charge in [0.2, 0.25) is 0 Å². The lowest BCUT2D eigenvalue weighted by molar-refractivity contribution is 0.0580. The van der Waals surface area contributed by atoms with Crippen LogP contribution in [0.5, 0.6) is 0 Å². The molecular formula is C12H12BrNOS. The highest BCUT2D eigenvalue weighted by molar-refractivity contribution is 9.10. The van der Waals surface area contributed by atoms with Crippen molar-refractivity contribution in [3.63, 3.8) is 0 Å². The highest BCUT2D eigenvalue weighted by Crippen LogP contribution is 2.31. The van der Waals surface area contributed by atoms with Gasteiger partial charge in [-0.2, -0.15) is 0 Å². The number of rotatable bonds is 3. The summed E-state index contributed by atoms with van der Waals surface area (Å²) in [6.45, 7) is 1.82. The number of hydrogen-bond acceptors (Lipinski definition) is 3. The molecule has 0 saturated carbocycles. The van der Waals surface area contributed by atoms with Crippen molar-refractivity contribution in [2.24, 2.45) is 0 Å². The molecule has 0 aromatic carbocycles. The third kappa shape index (κ3) is 2.51. The van der Waals surface area contributed by atoms with Gasteiger partial charge in [-0.15, -0.1) is 11.3 Å². The number of halogens is 1. The second-order valence-corrected chi connectivity index (χ2v) is 5.74. The van der Waals surface area contributed by atoms with E-state index in [1.165, 1.54) is 0 Å². The summed E-state index contributed by atoms with van der Waals surface area (Å²) >= 11 is 5.12. The maximum atomic E-state index is 10.4. The Bertz CT molecular complexity index is 467. The van der Waals surface area contributed by atoms with Crippen LogP contribution < -0.4 is 0 Å². The van der Waals surface area contributed by atoms with Gasteiger partial charge in [-0.05, 0) is 40.4 Å². The second-order valence-electron chi connectivity index (χ2n) is 3.88. The van der Waals surface area contributed by atoms with Crippen LogP contribution in [-0.4, -0.2) is 10.1 Å². The summed E-state index contributed by atoms with van der Waals surface area (Å²) in [7, 11) is 0. The molecule has 0 saturated heterocycles. The summed E-state index contributed by atoms with van der Waals surface area (Å²) in [6, 6.07) is 5.74. The average molecular weight is 298 g/mol. The van der Waals surface area contributed by atoms with Crippen LogP contribution in [0.4, 0.5) is 0 Å². The minimum atomic E-state index is -0.873. The molecule has 1 unspecified atom stereocenters. The summed E-state index contributed by atoms with van der Waals surface area (Å²) in [5.74, 6) is 0. The summed E-state index contributed by atoms with van der Waals surface area (Å²) in [4.78, 5) is 5.18. The fourth-order valence-electron chi connectivity index (χ4n) is 1.55. The Hall–Kier alpha value is -0.710. The van der Waals surface area contributed by atoms with Gasteiger partial charge in [0.15, 0.2) is 0 Å². The predicted octanol–water partition coefficient (Wildman–Crippen LogP) is 3.36. The first kappa shape index (κ1) is 11.8. The van der Waals surface area contributed by atoms with Crippen LogP contribution in [-0.2, 0) is 12.0 Å². The van der Waals surface area contributed by atoms with E-state index < -0.39 is 5.60 Å². The van der Waals surface area contributed by atoms with Crippen LogP contribution in [0.2, 0.25) is 0 Å². The molecule has 1 atom stereocenters. The summed E-state index contributed by atoms with van der Waals surface area (Å²) < 4.78 is 1.06. The monoisotopic (exact) mass is 297 g/mol. The van der Waals surface area contributed by atoms with Gasteiger partial charge in [0.25, 0.3) is 0 Å². The Balaban J connectivity index is 2.24. The second kappa shape index (κ2) is 4.65. The van der Waals surface area contributed by atoms with E-state index in [1.54, 1.807) is 23.7 Å². The molecule has 0 spiro atoms. The molecule has 0 fully saturated rings. The van der Waals surface area contributed by atoms with Crippen LogP contribution in [0, 0.1) is 0 Å². The molecular weight excluding hydrogens is 286 g/mol. The van der Waals surface area contributed by atoms with Crippen molar-refractivity contribution >= 4 is 27.3 Å². The van der Waals surface area contributed by atoms with E-state index in [1.807, 2.05) is 30.5 Å². The predicted molar refractivity (Wildman–Crippen MR) is 69.5 cm³/mol. The highest BCUT2D eigenvalue weighted by Gasteiger charge is 2.25. The van der Waals surface area contributed by atoms with Crippen LogP contribution in [0.3, 0.4) is 0 Å². The molecule has 0 aliphatic heterocycles. The maximum Gasteiger partial charge on any atom is 0.0931 e. The fraction of sp³-hybridized carbons (Fsp3) is 0.250. The number of aromatic nitrogens is 1. The van der Waals surface area contributed by atoms with Crippen molar-refractivity contribution < 1.29 is 5.11 Å². The highest BCUT2D eigenvalue weighted by atomic mass is 79.9. The van der Waals surface area contributed by atoms with Crippen molar-refractivity contribution in [3.8, 4) is 0 Å². The molecule has 84 valence electrons. The van der Waals surface area contributed by atoms with Crippen molar-refractivity contribution in [2.45, 2.75) is 18.9 Å². The number of thiophene rings is 1. The molecule has 1 N–H and O–H groups in total. The SMILES string of the molecule is CC(O)(Cc1sccc1Br)c1cccnc1. The Labute approximate surface area is 107 Å². The first-order valence-corrected chi connectivity index (χ1v) is 6.61.